The first-order valence-corrected chi connectivity index (χ1v) is 6.79. The standard InChI is InChI=1S/C16H20N2O2/c1-20-15-7-5-14(6-8-15)9-10-17-11-13-18-12-3-2-4-16(18)19/h2-8,12,17H,9-11,13H2,1H3. The number of hydrogen-bond donors (Lipinski definition) is 1. The molecule has 1 heterocycles. The van der Waals surface area contributed by atoms with E-state index in [1.54, 1.807) is 23.8 Å². The van der Waals surface area contributed by atoms with Crippen molar-refractivity contribution in [3.05, 3.63) is 64.6 Å². The Morgan fingerprint density at radius 2 is 1.90 bits per heavy atom. The summed E-state index contributed by atoms with van der Waals surface area (Å²) in [6, 6.07) is 13.3. The molecule has 0 spiro atoms. The van der Waals surface area contributed by atoms with Crippen molar-refractivity contribution in [1.29, 1.82) is 0 Å². The molecule has 4 nitrogen and oxygen atoms in total. The van der Waals surface area contributed by atoms with Crippen molar-refractivity contribution in [3.63, 3.8) is 0 Å². The molecule has 0 atom stereocenters. The van der Waals surface area contributed by atoms with Gasteiger partial charge in [-0.05, 0) is 36.7 Å². The Kier molecular flexibility index (Phi) is 5.38. The van der Waals surface area contributed by atoms with E-state index < -0.39 is 0 Å². The van der Waals surface area contributed by atoms with Crippen LogP contribution in [0.2, 0.25) is 0 Å². The smallest absolute Gasteiger partial charge is 0.250 e. The van der Waals surface area contributed by atoms with Crippen molar-refractivity contribution in [1.82, 2.24) is 9.88 Å². The van der Waals surface area contributed by atoms with Gasteiger partial charge in [0.05, 0.1) is 7.11 Å². The molecule has 0 aliphatic heterocycles. The highest BCUT2D eigenvalue weighted by atomic mass is 16.5. The molecule has 0 saturated heterocycles. The van der Waals surface area contributed by atoms with Gasteiger partial charge in [0.15, 0.2) is 0 Å². The van der Waals surface area contributed by atoms with Gasteiger partial charge in [-0.25, -0.2) is 0 Å². The van der Waals surface area contributed by atoms with Crippen molar-refractivity contribution < 1.29 is 4.74 Å². The number of rotatable bonds is 7. The zero-order valence-corrected chi connectivity index (χ0v) is 11.7. The normalized spacial score (nSPS) is 10.4. The van der Waals surface area contributed by atoms with E-state index >= 15 is 0 Å². The summed E-state index contributed by atoms with van der Waals surface area (Å²) in [5, 5.41) is 3.35. The number of hydrogen-bond acceptors (Lipinski definition) is 3. The van der Waals surface area contributed by atoms with Gasteiger partial charge >= 0.3 is 0 Å². The van der Waals surface area contributed by atoms with Gasteiger partial charge in [0.2, 0.25) is 0 Å². The highest BCUT2D eigenvalue weighted by Crippen LogP contribution is 2.11. The van der Waals surface area contributed by atoms with E-state index in [1.807, 2.05) is 24.4 Å². The van der Waals surface area contributed by atoms with Gasteiger partial charge in [0.25, 0.3) is 5.56 Å². The average Bonchev–Trinajstić information content (AvgIpc) is 2.49. The second-order valence-corrected chi connectivity index (χ2v) is 4.58. The molecule has 20 heavy (non-hydrogen) atoms. The molecule has 2 aromatic rings. The minimum atomic E-state index is 0.0458. The zero-order valence-electron chi connectivity index (χ0n) is 11.7. The number of benzene rings is 1. The number of pyridine rings is 1. The lowest BCUT2D eigenvalue weighted by atomic mass is 10.1. The van der Waals surface area contributed by atoms with Crippen LogP contribution in [-0.2, 0) is 13.0 Å². The Morgan fingerprint density at radius 1 is 1.10 bits per heavy atom. The molecule has 0 fully saturated rings. The lowest BCUT2D eigenvalue weighted by molar-refractivity contribution is 0.414. The molecular formula is C16H20N2O2. The lowest BCUT2D eigenvalue weighted by Gasteiger charge is -2.07. The predicted molar refractivity (Wildman–Crippen MR) is 80.3 cm³/mol. The molecule has 1 aromatic heterocycles. The SMILES string of the molecule is COc1ccc(CCNCCn2ccccc2=O)cc1. The Bertz CT molecular complexity index is 576. The number of nitrogens with one attached hydrogen (secondary N) is 1. The maximum Gasteiger partial charge on any atom is 0.250 e. The van der Waals surface area contributed by atoms with Gasteiger partial charge in [-0.1, -0.05) is 18.2 Å². The van der Waals surface area contributed by atoms with Crippen LogP contribution < -0.4 is 15.6 Å². The van der Waals surface area contributed by atoms with Crippen LogP contribution in [-0.4, -0.2) is 24.8 Å². The summed E-state index contributed by atoms with van der Waals surface area (Å²) in [4.78, 5) is 11.5. The molecular weight excluding hydrogens is 252 g/mol. The van der Waals surface area contributed by atoms with E-state index in [-0.39, 0.29) is 5.56 Å². The summed E-state index contributed by atoms with van der Waals surface area (Å²) >= 11 is 0. The molecule has 0 aliphatic carbocycles. The van der Waals surface area contributed by atoms with Gasteiger partial charge < -0.3 is 14.6 Å². The number of methoxy groups -OCH3 is 1. The van der Waals surface area contributed by atoms with E-state index in [0.29, 0.717) is 6.54 Å². The van der Waals surface area contributed by atoms with E-state index in [9.17, 15) is 4.79 Å². The van der Waals surface area contributed by atoms with Crippen LogP contribution in [0.4, 0.5) is 0 Å². The quantitative estimate of drug-likeness (QED) is 0.780. The summed E-state index contributed by atoms with van der Waals surface area (Å²) in [5.74, 6) is 0.880. The van der Waals surface area contributed by atoms with Crippen LogP contribution in [0.1, 0.15) is 5.56 Å². The van der Waals surface area contributed by atoms with Crippen LogP contribution >= 0.6 is 0 Å². The highest BCUT2D eigenvalue weighted by Gasteiger charge is 1.96. The first-order valence-electron chi connectivity index (χ1n) is 6.79. The molecule has 0 amide bonds. The van der Waals surface area contributed by atoms with Gasteiger partial charge in [0.1, 0.15) is 5.75 Å². The van der Waals surface area contributed by atoms with Gasteiger partial charge in [-0.15, -0.1) is 0 Å². The minimum Gasteiger partial charge on any atom is -0.497 e. The van der Waals surface area contributed by atoms with Crippen LogP contribution in [0.25, 0.3) is 0 Å². The first-order chi connectivity index (χ1) is 9.79. The second kappa shape index (κ2) is 7.50. The third kappa shape index (κ3) is 4.24. The molecule has 106 valence electrons. The minimum absolute atomic E-state index is 0.0458. The Labute approximate surface area is 119 Å². The predicted octanol–water partition coefficient (Wildman–Crippen LogP) is 1.69. The molecule has 0 saturated carbocycles. The fourth-order valence-corrected chi connectivity index (χ4v) is 1.99. The monoisotopic (exact) mass is 272 g/mol. The number of nitrogens with zero attached hydrogens (tertiary/aromatic N) is 1. The van der Waals surface area contributed by atoms with Crippen molar-refractivity contribution >= 4 is 0 Å². The second-order valence-electron chi connectivity index (χ2n) is 4.58. The van der Waals surface area contributed by atoms with Crippen molar-refractivity contribution in [3.8, 4) is 5.75 Å². The highest BCUT2D eigenvalue weighted by molar-refractivity contribution is 5.27. The topological polar surface area (TPSA) is 43.3 Å². The molecule has 0 bridgehead atoms. The fraction of sp³-hybridized carbons (Fsp3) is 0.312. The van der Waals surface area contributed by atoms with E-state index in [4.69, 9.17) is 4.74 Å². The fourth-order valence-electron chi connectivity index (χ4n) is 1.99. The van der Waals surface area contributed by atoms with Gasteiger partial charge in [-0.2, -0.15) is 0 Å². The summed E-state index contributed by atoms with van der Waals surface area (Å²) in [5.41, 5.74) is 1.32. The Balaban J connectivity index is 1.69. The van der Waals surface area contributed by atoms with Crippen molar-refractivity contribution in [2.45, 2.75) is 13.0 Å². The van der Waals surface area contributed by atoms with E-state index in [2.05, 4.69) is 17.4 Å². The molecule has 1 aromatic carbocycles. The maximum absolute atomic E-state index is 11.5. The molecule has 0 aliphatic rings. The summed E-state index contributed by atoms with van der Waals surface area (Å²) in [7, 11) is 1.67. The first kappa shape index (κ1) is 14.3. The third-order valence-corrected chi connectivity index (χ3v) is 3.18. The molecule has 1 N–H and O–H groups in total. The lowest BCUT2D eigenvalue weighted by Crippen LogP contribution is -2.27. The summed E-state index contributed by atoms with van der Waals surface area (Å²) < 4.78 is 6.83. The number of aromatic nitrogens is 1. The largest absolute Gasteiger partial charge is 0.497 e. The van der Waals surface area contributed by atoms with Crippen LogP contribution in [0.3, 0.4) is 0 Å². The summed E-state index contributed by atoms with van der Waals surface area (Å²) in [6.45, 7) is 2.39. The van der Waals surface area contributed by atoms with E-state index in [0.717, 1.165) is 25.3 Å². The van der Waals surface area contributed by atoms with Crippen molar-refractivity contribution in [2.75, 3.05) is 20.2 Å². The molecule has 4 heteroatoms. The Hall–Kier alpha value is -2.07. The van der Waals surface area contributed by atoms with Crippen LogP contribution in [0.5, 0.6) is 5.75 Å². The molecule has 0 unspecified atom stereocenters. The van der Waals surface area contributed by atoms with Crippen molar-refractivity contribution in [2.24, 2.45) is 0 Å². The van der Waals surface area contributed by atoms with Gasteiger partial charge in [0, 0.05) is 25.4 Å². The molecule has 0 radical (unpaired) electrons. The third-order valence-electron chi connectivity index (χ3n) is 3.18. The average molecular weight is 272 g/mol. The van der Waals surface area contributed by atoms with Crippen LogP contribution in [0.15, 0.2) is 53.5 Å². The van der Waals surface area contributed by atoms with E-state index in [1.165, 1.54) is 5.56 Å². The van der Waals surface area contributed by atoms with Crippen LogP contribution in [0, 0.1) is 0 Å². The number of ether oxygens (including phenoxy) is 1. The van der Waals surface area contributed by atoms with Gasteiger partial charge in [-0.3, -0.25) is 4.79 Å². The molecule has 2 rings (SSSR count). The maximum atomic E-state index is 11.5. The Morgan fingerprint density at radius 3 is 2.60 bits per heavy atom. The summed E-state index contributed by atoms with van der Waals surface area (Å²) in [6.07, 6.45) is 2.78. The zero-order chi connectivity index (χ0) is 14.2.